The number of carbonyl (C=O) groups is 1. The van der Waals surface area contributed by atoms with E-state index in [-0.39, 0.29) is 5.78 Å². The summed E-state index contributed by atoms with van der Waals surface area (Å²) < 4.78 is 0. The molecule has 0 unspecified atom stereocenters. The zero-order valence-electron chi connectivity index (χ0n) is 7.02. The van der Waals surface area contributed by atoms with Crippen LogP contribution < -0.4 is 4.84 Å². The molecule has 0 heterocycles. The van der Waals surface area contributed by atoms with Crippen LogP contribution in [0.2, 0.25) is 0 Å². The molecule has 0 radical (unpaired) electrons. The predicted molar refractivity (Wildman–Crippen MR) is 50.7 cm³/mol. The molecule has 0 atom stereocenters. The van der Waals surface area contributed by atoms with Crippen LogP contribution in [0, 0.1) is 6.92 Å². The van der Waals surface area contributed by atoms with Gasteiger partial charge in [0.1, 0.15) is 0 Å². The molecule has 1 aromatic rings. The molecule has 0 amide bonds. The van der Waals surface area contributed by atoms with Crippen molar-refractivity contribution in [3.63, 3.8) is 0 Å². The van der Waals surface area contributed by atoms with Crippen LogP contribution in [0.25, 0.3) is 0 Å². The number of benzene rings is 1. The Kier molecular flexibility index (Phi) is 2.71. The number of nitrogens with one attached hydrogen (secondary N) is 1. The lowest BCUT2D eigenvalue weighted by Gasteiger charge is -2.06. The van der Waals surface area contributed by atoms with Gasteiger partial charge in [-0.05, 0) is 25.5 Å². The number of hydrogen-bond acceptors (Lipinski definition) is 2. The zero-order valence-corrected chi connectivity index (χ0v) is 7.77. The van der Waals surface area contributed by atoms with Crippen LogP contribution in [0.15, 0.2) is 18.2 Å². The van der Waals surface area contributed by atoms with Crippen LogP contribution in [0.4, 0.5) is 5.69 Å². The fraction of sp³-hybridized carbons (Fsp3) is 0.222. The van der Waals surface area contributed by atoms with Gasteiger partial charge < -0.3 is 0 Å². The van der Waals surface area contributed by atoms with Crippen molar-refractivity contribution in [1.82, 2.24) is 0 Å². The summed E-state index contributed by atoms with van der Waals surface area (Å²) in [6, 6.07) is 5.49. The number of halogens is 1. The van der Waals surface area contributed by atoms with Gasteiger partial charge in [0.2, 0.25) is 0 Å². The Balaban J connectivity index is 3.27. The van der Waals surface area contributed by atoms with Crippen LogP contribution in [-0.2, 0) is 0 Å². The number of hydrogen-bond donors (Lipinski definition) is 1. The fourth-order valence-corrected chi connectivity index (χ4v) is 1.34. The molecule has 0 spiro atoms. The molecule has 64 valence electrons. The van der Waals surface area contributed by atoms with Crippen LogP contribution in [0.5, 0.6) is 0 Å². The summed E-state index contributed by atoms with van der Waals surface area (Å²) in [7, 11) is 0. The van der Waals surface area contributed by atoms with E-state index in [0.29, 0.717) is 11.3 Å². The molecule has 1 rings (SSSR count). The summed E-state index contributed by atoms with van der Waals surface area (Å²) in [6.07, 6.45) is 0. The Bertz CT molecular complexity index is 309. The predicted octanol–water partition coefficient (Wildman–Crippen LogP) is 2.76. The number of para-hydroxylation sites is 1. The number of aryl methyl sites for hydroxylation is 1. The van der Waals surface area contributed by atoms with Crippen molar-refractivity contribution in [3.05, 3.63) is 29.3 Å². The quantitative estimate of drug-likeness (QED) is 0.564. The first-order valence-corrected chi connectivity index (χ1v) is 4.02. The van der Waals surface area contributed by atoms with E-state index in [2.05, 4.69) is 4.84 Å². The summed E-state index contributed by atoms with van der Waals surface area (Å²) in [5.41, 5.74) is 2.30. The number of ketones is 1. The molecule has 0 aliphatic carbocycles. The van der Waals surface area contributed by atoms with Crippen molar-refractivity contribution in [2.45, 2.75) is 13.8 Å². The van der Waals surface area contributed by atoms with Gasteiger partial charge in [-0.15, -0.1) is 0 Å². The Labute approximate surface area is 76.7 Å². The molecule has 0 saturated carbocycles. The lowest BCUT2D eigenvalue weighted by atomic mass is 10.1. The third-order valence-electron chi connectivity index (χ3n) is 1.75. The molecule has 12 heavy (non-hydrogen) atoms. The number of anilines is 1. The maximum atomic E-state index is 11.1. The Morgan fingerprint density at radius 2 is 2.17 bits per heavy atom. The minimum Gasteiger partial charge on any atom is -0.298 e. The van der Waals surface area contributed by atoms with E-state index >= 15 is 0 Å². The Morgan fingerprint density at radius 3 is 2.58 bits per heavy atom. The van der Waals surface area contributed by atoms with Crippen molar-refractivity contribution in [2.24, 2.45) is 0 Å². The monoisotopic (exact) mass is 183 g/mol. The molecular weight excluding hydrogens is 174 g/mol. The minimum atomic E-state index is 0.0156. The van der Waals surface area contributed by atoms with Crippen LogP contribution in [0.1, 0.15) is 22.8 Å². The van der Waals surface area contributed by atoms with Gasteiger partial charge in [0.15, 0.2) is 5.78 Å². The maximum absolute atomic E-state index is 11.1. The molecule has 0 aromatic heterocycles. The van der Waals surface area contributed by atoms with Crippen LogP contribution in [-0.4, -0.2) is 5.78 Å². The lowest BCUT2D eigenvalue weighted by Crippen LogP contribution is -1.98. The van der Waals surface area contributed by atoms with Gasteiger partial charge in [0.25, 0.3) is 0 Å². The molecule has 1 aromatic carbocycles. The van der Waals surface area contributed by atoms with Gasteiger partial charge in [-0.3, -0.25) is 9.63 Å². The van der Waals surface area contributed by atoms with Crippen LogP contribution >= 0.6 is 11.8 Å². The zero-order chi connectivity index (χ0) is 9.14. The number of rotatable bonds is 2. The topological polar surface area (TPSA) is 29.1 Å². The standard InChI is InChI=1S/C9H10ClNO/c1-6-4-3-5-8(7(2)12)9(6)11-10/h3-5,11H,1-2H3. The van der Waals surface area contributed by atoms with Gasteiger partial charge in [0, 0.05) is 17.3 Å². The second kappa shape index (κ2) is 3.59. The summed E-state index contributed by atoms with van der Waals surface area (Å²) in [5, 5.41) is 0. The molecular formula is C9H10ClNO. The van der Waals surface area contributed by atoms with E-state index < -0.39 is 0 Å². The van der Waals surface area contributed by atoms with Crippen molar-refractivity contribution in [3.8, 4) is 0 Å². The summed E-state index contributed by atoms with van der Waals surface area (Å²) >= 11 is 5.48. The normalized spacial score (nSPS) is 9.58. The fourth-order valence-electron chi connectivity index (χ4n) is 1.09. The number of carbonyl (C=O) groups excluding carboxylic acids is 1. The average Bonchev–Trinajstić information content (AvgIpc) is 2.03. The SMILES string of the molecule is CC(=O)c1cccc(C)c1NCl. The second-order valence-electron chi connectivity index (χ2n) is 2.65. The molecule has 0 aliphatic heterocycles. The summed E-state index contributed by atoms with van der Waals surface area (Å²) in [5.74, 6) is 0.0156. The third-order valence-corrected chi connectivity index (χ3v) is 1.94. The van der Waals surface area contributed by atoms with E-state index in [1.165, 1.54) is 6.92 Å². The first-order valence-electron chi connectivity index (χ1n) is 3.64. The van der Waals surface area contributed by atoms with E-state index in [1.54, 1.807) is 6.07 Å². The molecule has 0 fully saturated rings. The minimum absolute atomic E-state index is 0.0156. The average molecular weight is 184 g/mol. The highest BCUT2D eigenvalue weighted by Gasteiger charge is 2.07. The molecule has 0 aliphatic rings. The maximum Gasteiger partial charge on any atom is 0.161 e. The van der Waals surface area contributed by atoms with E-state index in [0.717, 1.165) is 5.56 Å². The van der Waals surface area contributed by atoms with E-state index in [9.17, 15) is 4.79 Å². The number of Topliss-reactive ketones (excluding diaryl/α,β-unsaturated/α-hetero) is 1. The first kappa shape index (κ1) is 9.07. The molecule has 3 heteroatoms. The highest BCUT2D eigenvalue weighted by molar-refractivity contribution is 6.25. The molecule has 2 nitrogen and oxygen atoms in total. The molecule has 1 N–H and O–H groups in total. The van der Waals surface area contributed by atoms with Gasteiger partial charge in [0.05, 0.1) is 5.69 Å². The van der Waals surface area contributed by atoms with Gasteiger partial charge in [-0.2, -0.15) is 0 Å². The van der Waals surface area contributed by atoms with Gasteiger partial charge >= 0.3 is 0 Å². The van der Waals surface area contributed by atoms with Crippen molar-refractivity contribution >= 4 is 23.2 Å². The van der Waals surface area contributed by atoms with E-state index in [1.807, 2.05) is 19.1 Å². The van der Waals surface area contributed by atoms with Crippen molar-refractivity contribution in [2.75, 3.05) is 4.84 Å². The van der Waals surface area contributed by atoms with Gasteiger partial charge in [-0.1, -0.05) is 12.1 Å². The van der Waals surface area contributed by atoms with Crippen LogP contribution in [0.3, 0.4) is 0 Å². The Hall–Kier alpha value is -1.02. The molecule has 0 saturated heterocycles. The smallest absolute Gasteiger partial charge is 0.161 e. The highest BCUT2D eigenvalue weighted by atomic mass is 35.5. The lowest BCUT2D eigenvalue weighted by molar-refractivity contribution is 0.101. The Morgan fingerprint density at radius 1 is 1.50 bits per heavy atom. The summed E-state index contributed by atoms with van der Waals surface area (Å²) in [6.45, 7) is 3.42. The second-order valence-corrected chi connectivity index (χ2v) is 2.84. The molecule has 0 bridgehead atoms. The third kappa shape index (κ3) is 1.59. The first-order chi connectivity index (χ1) is 5.66. The largest absolute Gasteiger partial charge is 0.298 e. The van der Waals surface area contributed by atoms with E-state index in [4.69, 9.17) is 11.8 Å². The van der Waals surface area contributed by atoms with Gasteiger partial charge in [-0.25, -0.2) is 0 Å². The van der Waals surface area contributed by atoms with Crippen molar-refractivity contribution in [1.29, 1.82) is 0 Å². The van der Waals surface area contributed by atoms with Crippen molar-refractivity contribution < 1.29 is 4.79 Å². The summed E-state index contributed by atoms with van der Waals surface area (Å²) in [4.78, 5) is 13.6. The highest BCUT2D eigenvalue weighted by Crippen LogP contribution is 2.21.